The number of methoxy groups -OCH3 is 1. The van der Waals surface area contributed by atoms with E-state index < -0.39 is 51.8 Å². The number of nitrogens with two attached hydrogens (primary N) is 2. The van der Waals surface area contributed by atoms with Crippen LogP contribution < -0.4 is 25.8 Å². The molecular formula is C28H20F5N7O2S. The average molecular weight is 614 g/mol. The lowest BCUT2D eigenvalue weighted by Gasteiger charge is -2.30. The Morgan fingerprint density at radius 1 is 1.16 bits per heavy atom. The largest absolute Gasteiger partial charge is 0.490 e. The van der Waals surface area contributed by atoms with Crippen molar-refractivity contribution >= 4 is 49.0 Å². The molecule has 0 radical (unpaired) electrons. The van der Waals surface area contributed by atoms with Crippen LogP contribution in [0, 0.1) is 23.0 Å². The Labute approximate surface area is 244 Å². The lowest BCUT2D eigenvalue weighted by molar-refractivity contribution is -0.138. The van der Waals surface area contributed by atoms with E-state index in [-0.39, 0.29) is 56.8 Å². The molecule has 5 aromatic rings. The van der Waals surface area contributed by atoms with Crippen molar-refractivity contribution in [3.63, 3.8) is 0 Å². The number of rotatable bonds is 4. The Hall–Kier alpha value is -4.97. The van der Waals surface area contributed by atoms with E-state index in [4.69, 9.17) is 20.9 Å². The number of nitrogens with zero attached hydrogens (tertiary/aromatic N) is 5. The SMILES string of the molecule is COc1nc2c3c(c(C(F)(F)F)c(-c4ccc(F)c5sc(N)c(C#N)c45)c(F)c3n1)OCCN2C(C)c1cccnc1N. The summed E-state index contributed by atoms with van der Waals surface area (Å²) in [6, 6.07) is 6.13. The van der Waals surface area contributed by atoms with Crippen LogP contribution in [-0.2, 0) is 6.18 Å². The summed E-state index contributed by atoms with van der Waals surface area (Å²) in [5, 5.41) is 9.02. The number of ether oxygens (including phenoxy) is 2. The highest BCUT2D eigenvalue weighted by molar-refractivity contribution is 7.23. The van der Waals surface area contributed by atoms with Gasteiger partial charge in [-0.25, -0.2) is 13.8 Å². The summed E-state index contributed by atoms with van der Waals surface area (Å²) < 4.78 is 87.5. The molecule has 0 saturated heterocycles. The predicted molar refractivity (Wildman–Crippen MR) is 151 cm³/mol. The van der Waals surface area contributed by atoms with Gasteiger partial charge in [-0.1, -0.05) is 12.1 Å². The number of thiophene rings is 1. The molecule has 4 heterocycles. The first kappa shape index (κ1) is 28.2. The van der Waals surface area contributed by atoms with Crippen molar-refractivity contribution in [2.75, 3.05) is 36.6 Å². The van der Waals surface area contributed by atoms with Gasteiger partial charge in [0.15, 0.2) is 5.82 Å². The summed E-state index contributed by atoms with van der Waals surface area (Å²) in [5.41, 5.74) is 8.91. The zero-order valence-electron chi connectivity index (χ0n) is 22.4. The van der Waals surface area contributed by atoms with Gasteiger partial charge in [0.2, 0.25) is 0 Å². The van der Waals surface area contributed by atoms with Gasteiger partial charge >= 0.3 is 12.2 Å². The molecule has 0 spiro atoms. The van der Waals surface area contributed by atoms with Gasteiger partial charge in [0, 0.05) is 22.7 Å². The Balaban J connectivity index is 1.76. The summed E-state index contributed by atoms with van der Waals surface area (Å²) in [6.45, 7) is 1.50. The van der Waals surface area contributed by atoms with Crippen molar-refractivity contribution in [2.45, 2.75) is 19.1 Å². The van der Waals surface area contributed by atoms with Crippen LogP contribution in [0.5, 0.6) is 11.8 Å². The normalized spacial score (nSPS) is 14.0. The minimum absolute atomic E-state index is 0.0220. The van der Waals surface area contributed by atoms with Crippen LogP contribution in [0.15, 0.2) is 30.5 Å². The fourth-order valence-corrected chi connectivity index (χ4v) is 6.37. The molecule has 15 heteroatoms. The topological polar surface area (TPSA) is 136 Å². The molecule has 0 fully saturated rings. The van der Waals surface area contributed by atoms with Gasteiger partial charge in [-0.15, -0.1) is 11.3 Å². The second-order valence-corrected chi connectivity index (χ2v) is 10.6. The minimum atomic E-state index is -5.18. The van der Waals surface area contributed by atoms with Crippen LogP contribution in [0.2, 0.25) is 0 Å². The third kappa shape index (κ3) is 4.28. The quantitative estimate of drug-likeness (QED) is 0.227. The lowest BCUT2D eigenvalue weighted by Crippen LogP contribution is -2.31. The van der Waals surface area contributed by atoms with Gasteiger partial charge < -0.3 is 25.8 Å². The molecule has 9 nitrogen and oxygen atoms in total. The van der Waals surface area contributed by atoms with Gasteiger partial charge in [0.25, 0.3) is 0 Å². The average Bonchev–Trinajstić information content (AvgIpc) is 3.20. The second-order valence-electron chi connectivity index (χ2n) is 9.60. The number of aromatic nitrogens is 3. The van der Waals surface area contributed by atoms with E-state index in [1.54, 1.807) is 30.0 Å². The molecule has 1 aliphatic rings. The van der Waals surface area contributed by atoms with Gasteiger partial charge in [0.05, 0.1) is 35.3 Å². The maximum atomic E-state index is 16.7. The van der Waals surface area contributed by atoms with Crippen LogP contribution in [0.4, 0.5) is 38.6 Å². The number of nitrogen functional groups attached to an aromatic ring is 2. The molecule has 43 heavy (non-hydrogen) atoms. The Kier molecular flexibility index (Phi) is 6.61. The first-order valence-electron chi connectivity index (χ1n) is 12.7. The Bertz CT molecular complexity index is 1990. The molecule has 2 aromatic carbocycles. The minimum Gasteiger partial charge on any atom is -0.490 e. The van der Waals surface area contributed by atoms with E-state index in [1.165, 1.54) is 13.3 Å². The zero-order chi connectivity index (χ0) is 30.8. The number of fused-ring (bicyclic) bond motifs is 1. The number of hydrogen-bond acceptors (Lipinski definition) is 10. The van der Waals surface area contributed by atoms with Crippen molar-refractivity contribution in [1.29, 1.82) is 5.26 Å². The highest BCUT2D eigenvalue weighted by Crippen LogP contribution is 2.53. The maximum Gasteiger partial charge on any atom is 0.420 e. The number of pyridine rings is 1. The monoisotopic (exact) mass is 613 g/mol. The van der Waals surface area contributed by atoms with E-state index >= 15 is 17.6 Å². The number of alkyl halides is 3. The van der Waals surface area contributed by atoms with E-state index in [0.29, 0.717) is 16.9 Å². The molecule has 220 valence electrons. The summed E-state index contributed by atoms with van der Waals surface area (Å²) >= 11 is 0.675. The van der Waals surface area contributed by atoms with Crippen molar-refractivity contribution in [3.8, 4) is 29.0 Å². The third-order valence-electron chi connectivity index (χ3n) is 7.31. The summed E-state index contributed by atoms with van der Waals surface area (Å²) in [7, 11) is 1.23. The molecule has 3 aromatic heterocycles. The lowest BCUT2D eigenvalue weighted by atomic mass is 9.91. The van der Waals surface area contributed by atoms with Crippen LogP contribution in [0.1, 0.15) is 29.7 Å². The van der Waals surface area contributed by atoms with Crippen molar-refractivity contribution < 1.29 is 31.4 Å². The standard InChI is InChI=1S/C28H20F5N7O2S/c1-11(12-4-3-7-37-24(12)35)40-8-9-42-22-18-21(38-27(41-2)39-26(18)40)20(30)17(19(22)28(31,32)33)13-5-6-15(29)23-16(13)14(10-34)25(36)43-23/h3-7,11H,8-9,36H2,1-2H3,(H2,35,37). The van der Waals surface area contributed by atoms with E-state index in [0.717, 1.165) is 12.1 Å². The number of halogens is 5. The number of anilines is 3. The second kappa shape index (κ2) is 10.1. The van der Waals surface area contributed by atoms with Crippen LogP contribution in [0.25, 0.3) is 32.1 Å². The first-order chi connectivity index (χ1) is 20.5. The maximum absolute atomic E-state index is 16.7. The van der Waals surface area contributed by atoms with E-state index in [2.05, 4.69) is 15.0 Å². The van der Waals surface area contributed by atoms with Gasteiger partial charge in [-0.2, -0.15) is 28.4 Å². The van der Waals surface area contributed by atoms with E-state index in [9.17, 15) is 9.65 Å². The van der Waals surface area contributed by atoms with Crippen molar-refractivity contribution in [2.24, 2.45) is 0 Å². The first-order valence-corrected chi connectivity index (χ1v) is 13.5. The molecular weight excluding hydrogens is 593 g/mol. The molecule has 0 saturated carbocycles. The van der Waals surface area contributed by atoms with Crippen LogP contribution >= 0.6 is 11.3 Å². The third-order valence-corrected chi connectivity index (χ3v) is 8.33. The molecule has 1 aliphatic heterocycles. The van der Waals surface area contributed by atoms with Crippen molar-refractivity contribution in [3.05, 3.63) is 58.8 Å². The van der Waals surface area contributed by atoms with Gasteiger partial charge in [-0.3, -0.25) is 0 Å². The molecule has 4 N–H and O–H groups in total. The number of nitriles is 1. The number of hydrogen-bond donors (Lipinski definition) is 2. The number of benzene rings is 2. The summed E-state index contributed by atoms with van der Waals surface area (Å²) in [4.78, 5) is 14.1. The zero-order valence-corrected chi connectivity index (χ0v) is 23.2. The summed E-state index contributed by atoms with van der Waals surface area (Å²) in [6.07, 6.45) is -3.68. The molecule has 0 bridgehead atoms. The highest BCUT2D eigenvalue weighted by atomic mass is 32.1. The molecule has 0 amide bonds. The fraction of sp³-hybridized carbons (Fsp3) is 0.214. The van der Waals surface area contributed by atoms with Crippen molar-refractivity contribution in [1.82, 2.24) is 15.0 Å². The van der Waals surface area contributed by atoms with Crippen LogP contribution in [-0.4, -0.2) is 35.2 Å². The highest BCUT2D eigenvalue weighted by Gasteiger charge is 2.44. The Morgan fingerprint density at radius 3 is 2.60 bits per heavy atom. The molecule has 1 unspecified atom stereocenters. The van der Waals surface area contributed by atoms with Gasteiger partial charge in [0.1, 0.15) is 52.0 Å². The van der Waals surface area contributed by atoms with Crippen LogP contribution in [0.3, 0.4) is 0 Å². The molecule has 6 rings (SSSR count). The van der Waals surface area contributed by atoms with E-state index in [1.807, 2.05) is 0 Å². The summed E-state index contributed by atoms with van der Waals surface area (Å²) in [5.74, 6) is -2.83. The molecule has 0 aliphatic carbocycles. The predicted octanol–water partition coefficient (Wildman–Crippen LogP) is 6.21. The Morgan fingerprint density at radius 2 is 1.93 bits per heavy atom. The fourth-order valence-electron chi connectivity index (χ4n) is 5.42. The molecule has 1 atom stereocenters. The smallest absolute Gasteiger partial charge is 0.420 e. The van der Waals surface area contributed by atoms with Gasteiger partial charge in [-0.05, 0) is 24.6 Å².